The summed E-state index contributed by atoms with van der Waals surface area (Å²) >= 11 is 5.89. The zero-order valence-electron chi connectivity index (χ0n) is 20.1. The average Bonchev–Trinajstić information content (AvgIpc) is 3.31. The molecule has 0 saturated carbocycles. The van der Waals surface area contributed by atoms with Crippen molar-refractivity contribution in [1.82, 2.24) is 19.8 Å². The fourth-order valence-corrected chi connectivity index (χ4v) is 5.42. The zero-order valence-corrected chi connectivity index (χ0v) is 20.9. The Morgan fingerprint density at radius 1 is 0.912 bits per heavy atom. The molecule has 0 bridgehead atoms. The third kappa shape index (κ3) is 4.01. The summed E-state index contributed by atoms with van der Waals surface area (Å²) in [5, 5.41) is 4.36. The van der Waals surface area contributed by atoms with Gasteiger partial charge in [-0.3, -0.25) is 4.98 Å². The minimum absolute atomic E-state index is 0.0232. The molecule has 2 aromatic heterocycles. The largest absolute Gasteiger partial charge is 0.352 e. The Hall–Kier alpha value is -3.44. The molecule has 0 radical (unpaired) electrons. The first-order valence-electron chi connectivity index (χ1n) is 11.7. The maximum Gasteiger partial charge on any atom is 0.170 e. The van der Waals surface area contributed by atoms with Crippen LogP contribution >= 0.6 is 12.2 Å². The highest BCUT2D eigenvalue weighted by Crippen LogP contribution is 2.42. The molecule has 2 aromatic carbocycles. The van der Waals surface area contributed by atoms with Crippen molar-refractivity contribution >= 4 is 17.3 Å². The van der Waals surface area contributed by atoms with Gasteiger partial charge in [-0.2, -0.15) is 0 Å². The smallest absolute Gasteiger partial charge is 0.170 e. The van der Waals surface area contributed by atoms with Crippen molar-refractivity contribution in [1.29, 1.82) is 0 Å². The molecule has 2 atom stereocenters. The number of nitrogens with zero attached hydrogens (tertiary/aromatic N) is 3. The fourth-order valence-electron chi connectivity index (χ4n) is 5.11. The molecule has 1 aliphatic rings. The van der Waals surface area contributed by atoms with E-state index in [0.717, 1.165) is 17.4 Å². The lowest BCUT2D eigenvalue weighted by atomic mass is 9.96. The maximum absolute atomic E-state index is 5.89. The lowest BCUT2D eigenvalue weighted by molar-refractivity contribution is 0.310. The van der Waals surface area contributed by atoms with Crippen LogP contribution in [0.1, 0.15) is 51.4 Å². The number of aromatic nitrogens is 2. The van der Waals surface area contributed by atoms with Crippen LogP contribution in [-0.2, 0) is 6.54 Å². The Labute approximate surface area is 207 Å². The molecule has 1 aliphatic heterocycles. The molecular weight excluding hydrogens is 436 g/mol. The molecule has 0 unspecified atom stereocenters. The predicted octanol–water partition coefficient (Wildman–Crippen LogP) is 6.28. The molecule has 1 saturated heterocycles. The SMILES string of the molecule is Cc1ccc(C)c(-n2c(C)cc([C@H]3[C@H](c4ccccn4)NC(=S)N3Cc3ccccc3)c2C)c1. The van der Waals surface area contributed by atoms with Crippen LogP contribution in [0.5, 0.6) is 0 Å². The van der Waals surface area contributed by atoms with Crippen LogP contribution in [0.4, 0.5) is 0 Å². The molecular formula is C29H30N4S. The van der Waals surface area contributed by atoms with Gasteiger partial charge < -0.3 is 14.8 Å². The summed E-state index contributed by atoms with van der Waals surface area (Å²) in [6.45, 7) is 9.49. The van der Waals surface area contributed by atoms with Gasteiger partial charge in [0.1, 0.15) is 0 Å². The first kappa shape index (κ1) is 22.4. The second kappa shape index (κ2) is 9.07. The lowest BCUT2D eigenvalue weighted by Gasteiger charge is -2.28. The van der Waals surface area contributed by atoms with Crippen LogP contribution in [0.25, 0.3) is 5.69 Å². The van der Waals surface area contributed by atoms with Crippen molar-refractivity contribution in [2.45, 2.75) is 46.3 Å². The topological polar surface area (TPSA) is 33.1 Å². The summed E-state index contributed by atoms with van der Waals surface area (Å²) in [4.78, 5) is 7.02. The van der Waals surface area contributed by atoms with E-state index in [1.165, 1.54) is 39.3 Å². The van der Waals surface area contributed by atoms with Crippen LogP contribution in [0.2, 0.25) is 0 Å². The van der Waals surface area contributed by atoms with Crippen molar-refractivity contribution < 1.29 is 0 Å². The van der Waals surface area contributed by atoms with Crippen LogP contribution < -0.4 is 5.32 Å². The van der Waals surface area contributed by atoms with Crippen molar-refractivity contribution in [3.8, 4) is 5.69 Å². The van der Waals surface area contributed by atoms with E-state index >= 15 is 0 Å². The molecule has 4 nitrogen and oxygen atoms in total. The number of nitrogens with one attached hydrogen (secondary N) is 1. The summed E-state index contributed by atoms with van der Waals surface area (Å²) in [7, 11) is 0. The molecule has 5 rings (SSSR count). The van der Waals surface area contributed by atoms with Crippen LogP contribution in [0.15, 0.2) is 79.0 Å². The highest BCUT2D eigenvalue weighted by atomic mass is 32.1. The molecule has 3 heterocycles. The van der Waals surface area contributed by atoms with E-state index in [0.29, 0.717) is 0 Å². The van der Waals surface area contributed by atoms with Gasteiger partial charge in [0.15, 0.2) is 5.11 Å². The van der Waals surface area contributed by atoms with E-state index in [1.54, 1.807) is 0 Å². The summed E-state index contributed by atoms with van der Waals surface area (Å²) in [5.41, 5.74) is 9.73. The van der Waals surface area contributed by atoms with E-state index < -0.39 is 0 Å². The van der Waals surface area contributed by atoms with E-state index in [1.807, 2.05) is 18.3 Å². The first-order valence-corrected chi connectivity index (χ1v) is 12.1. The van der Waals surface area contributed by atoms with Crippen LogP contribution in [-0.4, -0.2) is 19.6 Å². The number of benzene rings is 2. The van der Waals surface area contributed by atoms with E-state index in [9.17, 15) is 0 Å². The van der Waals surface area contributed by atoms with Crippen molar-refractivity contribution in [2.24, 2.45) is 0 Å². The number of aryl methyl sites for hydroxylation is 3. The Kier molecular flexibility index (Phi) is 5.96. The lowest BCUT2D eigenvalue weighted by Crippen LogP contribution is -2.29. The van der Waals surface area contributed by atoms with E-state index in [2.05, 4.69) is 103 Å². The molecule has 0 aliphatic carbocycles. The maximum atomic E-state index is 5.89. The van der Waals surface area contributed by atoms with Gasteiger partial charge in [0, 0.05) is 29.8 Å². The summed E-state index contributed by atoms with van der Waals surface area (Å²) in [5.74, 6) is 0. The Morgan fingerprint density at radius 2 is 1.68 bits per heavy atom. The van der Waals surface area contributed by atoms with Crippen molar-refractivity contribution in [2.75, 3.05) is 0 Å². The third-order valence-corrected chi connectivity index (χ3v) is 7.14. The molecule has 5 heteroatoms. The fraction of sp³-hybridized carbons (Fsp3) is 0.241. The summed E-state index contributed by atoms with van der Waals surface area (Å²) < 4.78 is 2.38. The highest BCUT2D eigenvalue weighted by molar-refractivity contribution is 7.80. The third-order valence-electron chi connectivity index (χ3n) is 6.79. The van der Waals surface area contributed by atoms with Gasteiger partial charge in [-0.25, -0.2) is 0 Å². The molecule has 0 amide bonds. The average molecular weight is 467 g/mol. The summed E-state index contributed by atoms with van der Waals surface area (Å²) in [6, 6.07) is 25.6. The number of thiocarbonyl (C=S) groups is 1. The number of pyridine rings is 1. The quantitative estimate of drug-likeness (QED) is 0.351. The molecule has 0 spiro atoms. The zero-order chi connectivity index (χ0) is 23.8. The van der Waals surface area contributed by atoms with Gasteiger partial charge in [-0.1, -0.05) is 48.5 Å². The molecule has 4 aromatic rings. The number of hydrogen-bond acceptors (Lipinski definition) is 2. The molecule has 172 valence electrons. The predicted molar refractivity (Wildman–Crippen MR) is 142 cm³/mol. The number of hydrogen-bond donors (Lipinski definition) is 1. The Balaban J connectivity index is 1.64. The van der Waals surface area contributed by atoms with Gasteiger partial charge in [0.05, 0.1) is 17.8 Å². The minimum atomic E-state index is -0.0232. The molecule has 34 heavy (non-hydrogen) atoms. The van der Waals surface area contributed by atoms with Gasteiger partial charge in [-0.05, 0) is 86.4 Å². The summed E-state index contributed by atoms with van der Waals surface area (Å²) in [6.07, 6.45) is 1.86. The standard InChI is InChI=1S/C29H30N4S/c1-19-13-14-20(2)26(16-19)33-21(3)17-24(22(33)4)28-27(25-12-8-9-15-30-25)31-29(34)32(28)18-23-10-6-5-7-11-23/h5-17,27-28H,18H2,1-4H3,(H,31,34)/t27-,28-/m0/s1. The number of rotatable bonds is 5. The first-order chi connectivity index (χ1) is 16.4. The second-order valence-corrected chi connectivity index (χ2v) is 9.58. The Bertz CT molecular complexity index is 1330. The minimum Gasteiger partial charge on any atom is -0.352 e. The van der Waals surface area contributed by atoms with Crippen LogP contribution in [0, 0.1) is 27.7 Å². The monoisotopic (exact) mass is 466 g/mol. The highest BCUT2D eigenvalue weighted by Gasteiger charge is 2.41. The van der Waals surface area contributed by atoms with E-state index in [4.69, 9.17) is 17.2 Å². The second-order valence-electron chi connectivity index (χ2n) is 9.19. The normalized spacial score (nSPS) is 17.8. The van der Waals surface area contributed by atoms with Crippen LogP contribution in [0.3, 0.4) is 0 Å². The Morgan fingerprint density at radius 3 is 2.41 bits per heavy atom. The molecule has 1 N–H and O–H groups in total. The van der Waals surface area contributed by atoms with Gasteiger partial charge in [0.2, 0.25) is 0 Å². The van der Waals surface area contributed by atoms with Gasteiger partial charge in [-0.15, -0.1) is 0 Å². The van der Waals surface area contributed by atoms with Crippen molar-refractivity contribution in [3.05, 3.63) is 118 Å². The molecule has 1 fully saturated rings. The van der Waals surface area contributed by atoms with Gasteiger partial charge in [0.25, 0.3) is 0 Å². The van der Waals surface area contributed by atoms with Gasteiger partial charge >= 0.3 is 0 Å². The van der Waals surface area contributed by atoms with Crippen molar-refractivity contribution in [3.63, 3.8) is 0 Å². The van der Waals surface area contributed by atoms with E-state index in [-0.39, 0.29) is 12.1 Å².